The smallest absolute Gasteiger partial charge is 0.307 e. The van der Waals surface area contributed by atoms with Crippen LogP contribution in [0.2, 0.25) is 0 Å². The van der Waals surface area contributed by atoms with Gasteiger partial charge in [-0.2, -0.15) is 0 Å². The molecule has 0 aromatic carbocycles. The van der Waals surface area contributed by atoms with Gasteiger partial charge in [-0.25, -0.2) is 0 Å². The molecule has 0 bridgehead atoms. The third kappa shape index (κ3) is 2.35. The molecule has 3 N–H and O–H groups in total. The van der Waals surface area contributed by atoms with Crippen molar-refractivity contribution in [2.45, 2.75) is 20.8 Å². The minimum Gasteiger partial charge on any atom is -0.481 e. The summed E-state index contributed by atoms with van der Waals surface area (Å²) in [6, 6.07) is 0. The molecule has 92 valence electrons. The molecule has 1 unspecified atom stereocenters. The lowest BCUT2D eigenvalue weighted by atomic mass is 10.1. The SMILES string of the molecule is CC(CO)CNC(=O)[C@H]1[C@@H](C(=O)O)C1(C)C. The van der Waals surface area contributed by atoms with E-state index in [0.29, 0.717) is 6.54 Å². The maximum atomic E-state index is 11.7. The Morgan fingerprint density at radius 1 is 1.38 bits per heavy atom. The lowest BCUT2D eigenvalue weighted by Crippen LogP contribution is -2.32. The number of aliphatic carboxylic acids is 1. The van der Waals surface area contributed by atoms with E-state index in [1.807, 2.05) is 6.92 Å². The number of hydrogen-bond donors (Lipinski definition) is 3. The Morgan fingerprint density at radius 3 is 2.31 bits per heavy atom. The van der Waals surface area contributed by atoms with Gasteiger partial charge in [0.25, 0.3) is 0 Å². The molecule has 1 aliphatic rings. The monoisotopic (exact) mass is 229 g/mol. The van der Waals surface area contributed by atoms with Gasteiger partial charge in [-0.3, -0.25) is 9.59 Å². The molecule has 16 heavy (non-hydrogen) atoms. The van der Waals surface area contributed by atoms with Gasteiger partial charge in [0, 0.05) is 13.2 Å². The third-order valence-electron chi connectivity index (χ3n) is 3.31. The van der Waals surface area contributed by atoms with E-state index in [9.17, 15) is 9.59 Å². The molecule has 0 aromatic rings. The predicted molar refractivity (Wildman–Crippen MR) is 57.7 cm³/mol. The van der Waals surface area contributed by atoms with Gasteiger partial charge >= 0.3 is 5.97 Å². The van der Waals surface area contributed by atoms with Crippen molar-refractivity contribution < 1.29 is 19.8 Å². The van der Waals surface area contributed by atoms with E-state index in [1.54, 1.807) is 13.8 Å². The summed E-state index contributed by atoms with van der Waals surface area (Å²) in [5.74, 6) is -2.18. The Bertz CT molecular complexity index is 300. The summed E-state index contributed by atoms with van der Waals surface area (Å²) in [5.41, 5.74) is -0.460. The lowest BCUT2D eigenvalue weighted by molar-refractivity contribution is -0.140. The highest BCUT2D eigenvalue weighted by Crippen LogP contribution is 2.58. The molecule has 1 fully saturated rings. The average molecular weight is 229 g/mol. The number of carbonyl (C=O) groups excluding carboxylic acids is 1. The minimum atomic E-state index is -0.916. The van der Waals surface area contributed by atoms with Gasteiger partial charge in [0.15, 0.2) is 0 Å². The quantitative estimate of drug-likeness (QED) is 0.623. The second-order valence-corrected chi connectivity index (χ2v) is 5.15. The summed E-state index contributed by atoms with van der Waals surface area (Å²) in [6.45, 7) is 5.77. The van der Waals surface area contributed by atoms with Crippen molar-refractivity contribution in [1.82, 2.24) is 5.32 Å². The second kappa shape index (κ2) is 4.41. The van der Waals surface area contributed by atoms with Gasteiger partial charge in [0.1, 0.15) is 0 Å². The highest BCUT2D eigenvalue weighted by molar-refractivity contribution is 5.91. The molecule has 1 saturated carbocycles. The van der Waals surface area contributed by atoms with Crippen molar-refractivity contribution in [3.05, 3.63) is 0 Å². The summed E-state index contributed by atoms with van der Waals surface area (Å²) in [5, 5.41) is 20.4. The molecule has 3 atom stereocenters. The molecule has 0 aliphatic heterocycles. The number of hydrogen-bond acceptors (Lipinski definition) is 3. The Kier molecular flexibility index (Phi) is 3.57. The first kappa shape index (κ1) is 13.0. The molecule has 0 heterocycles. The van der Waals surface area contributed by atoms with Crippen LogP contribution in [0.3, 0.4) is 0 Å². The first-order valence-corrected chi connectivity index (χ1v) is 5.43. The zero-order valence-corrected chi connectivity index (χ0v) is 9.86. The molecule has 0 aromatic heterocycles. The second-order valence-electron chi connectivity index (χ2n) is 5.15. The fraction of sp³-hybridized carbons (Fsp3) is 0.818. The maximum Gasteiger partial charge on any atom is 0.307 e. The van der Waals surface area contributed by atoms with Gasteiger partial charge in [0.2, 0.25) is 5.91 Å². The fourth-order valence-electron chi connectivity index (χ4n) is 2.04. The van der Waals surface area contributed by atoms with E-state index in [4.69, 9.17) is 10.2 Å². The molecule has 1 rings (SSSR count). The van der Waals surface area contributed by atoms with Crippen LogP contribution in [0.4, 0.5) is 0 Å². The number of aliphatic hydroxyl groups is 1. The number of rotatable bonds is 5. The number of carboxylic acids is 1. The van der Waals surface area contributed by atoms with Crippen molar-refractivity contribution in [3.8, 4) is 0 Å². The Balaban J connectivity index is 2.48. The van der Waals surface area contributed by atoms with Crippen molar-refractivity contribution in [3.63, 3.8) is 0 Å². The molecule has 0 spiro atoms. The molecule has 5 heteroatoms. The van der Waals surface area contributed by atoms with E-state index >= 15 is 0 Å². The Morgan fingerprint density at radius 2 is 1.94 bits per heavy atom. The number of nitrogens with one attached hydrogen (secondary N) is 1. The highest BCUT2D eigenvalue weighted by Gasteiger charge is 2.65. The van der Waals surface area contributed by atoms with Gasteiger partial charge in [-0.15, -0.1) is 0 Å². The highest BCUT2D eigenvalue weighted by atomic mass is 16.4. The Labute approximate surface area is 94.8 Å². The summed E-state index contributed by atoms with van der Waals surface area (Å²) in [4.78, 5) is 22.6. The van der Waals surface area contributed by atoms with Crippen LogP contribution < -0.4 is 5.32 Å². The van der Waals surface area contributed by atoms with Crippen LogP contribution in [0.1, 0.15) is 20.8 Å². The van der Waals surface area contributed by atoms with Crippen LogP contribution in [0.5, 0.6) is 0 Å². The van der Waals surface area contributed by atoms with Gasteiger partial charge in [0.05, 0.1) is 11.8 Å². The fourth-order valence-corrected chi connectivity index (χ4v) is 2.04. The normalized spacial score (nSPS) is 28.2. The number of carboxylic acid groups (broad SMARTS) is 1. The molecule has 5 nitrogen and oxygen atoms in total. The summed E-state index contributed by atoms with van der Waals surface area (Å²) >= 11 is 0. The molecular weight excluding hydrogens is 210 g/mol. The molecule has 0 saturated heterocycles. The first-order valence-electron chi connectivity index (χ1n) is 5.43. The zero-order chi connectivity index (χ0) is 12.5. The average Bonchev–Trinajstić information content (AvgIpc) is 2.77. The minimum absolute atomic E-state index is 0.00547. The van der Waals surface area contributed by atoms with Gasteiger partial charge in [-0.05, 0) is 11.3 Å². The zero-order valence-electron chi connectivity index (χ0n) is 9.86. The van der Waals surface area contributed by atoms with Gasteiger partial charge in [-0.1, -0.05) is 20.8 Å². The van der Waals surface area contributed by atoms with Crippen LogP contribution in [-0.4, -0.2) is 35.2 Å². The van der Waals surface area contributed by atoms with E-state index in [2.05, 4.69) is 5.32 Å². The van der Waals surface area contributed by atoms with Crippen LogP contribution >= 0.6 is 0 Å². The van der Waals surface area contributed by atoms with Crippen molar-refractivity contribution in [2.24, 2.45) is 23.2 Å². The largest absolute Gasteiger partial charge is 0.481 e. The van der Waals surface area contributed by atoms with Crippen LogP contribution in [0.15, 0.2) is 0 Å². The van der Waals surface area contributed by atoms with E-state index < -0.39 is 23.2 Å². The number of amides is 1. The molecule has 1 amide bonds. The maximum absolute atomic E-state index is 11.7. The van der Waals surface area contributed by atoms with Gasteiger partial charge < -0.3 is 15.5 Å². The van der Waals surface area contributed by atoms with E-state index in [-0.39, 0.29) is 18.4 Å². The van der Waals surface area contributed by atoms with E-state index in [1.165, 1.54) is 0 Å². The predicted octanol–water partition coefficient (Wildman–Crippen LogP) is 0.0878. The van der Waals surface area contributed by atoms with Crippen LogP contribution in [-0.2, 0) is 9.59 Å². The summed E-state index contributed by atoms with van der Waals surface area (Å²) in [7, 11) is 0. The van der Waals surface area contributed by atoms with Crippen molar-refractivity contribution in [1.29, 1.82) is 0 Å². The summed E-state index contributed by atoms with van der Waals surface area (Å²) < 4.78 is 0. The topological polar surface area (TPSA) is 86.6 Å². The lowest BCUT2D eigenvalue weighted by Gasteiger charge is -2.09. The van der Waals surface area contributed by atoms with Crippen LogP contribution in [0, 0.1) is 23.2 Å². The number of aliphatic hydroxyl groups excluding tert-OH is 1. The Hall–Kier alpha value is -1.10. The van der Waals surface area contributed by atoms with Crippen molar-refractivity contribution >= 4 is 11.9 Å². The summed E-state index contributed by atoms with van der Waals surface area (Å²) in [6.07, 6.45) is 0. The van der Waals surface area contributed by atoms with E-state index in [0.717, 1.165) is 0 Å². The molecular formula is C11H19NO4. The number of carbonyl (C=O) groups is 2. The van der Waals surface area contributed by atoms with Crippen molar-refractivity contribution in [2.75, 3.05) is 13.2 Å². The third-order valence-corrected chi connectivity index (χ3v) is 3.31. The molecule has 1 aliphatic carbocycles. The molecule has 0 radical (unpaired) electrons. The van der Waals surface area contributed by atoms with Crippen LogP contribution in [0.25, 0.3) is 0 Å². The first-order chi connectivity index (χ1) is 7.32. The standard InChI is InChI=1S/C11H19NO4/c1-6(5-13)4-12-9(14)7-8(10(15)16)11(7,2)3/h6-8,13H,4-5H2,1-3H3,(H,12,14)(H,15,16)/t6?,7-,8+/m1/s1.